The number of halogens is 2. The Morgan fingerprint density at radius 1 is 1.30 bits per heavy atom. The van der Waals surface area contributed by atoms with Crippen LogP contribution in [0.3, 0.4) is 0 Å². The Morgan fingerprint density at radius 2 is 2.10 bits per heavy atom. The molecule has 3 atom stereocenters. The molecule has 3 unspecified atom stereocenters. The van der Waals surface area contributed by atoms with Crippen LogP contribution in [0.2, 0.25) is 0 Å². The summed E-state index contributed by atoms with van der Waals surface area (Å²) in [7, 11) is 1.68. The van der Waals surface area contributed by atoms with E-state index in [4.69, 9.17) is 23.2 Å². The van der Waals surface area contributed by atoms with E-state index in [1.165, 1.54) is 16.3 Å². The molecule has 1 aliphatic carbocycles. The summed E-state index contributed by atoms with van der Waals surface area (Å²) >= 11 is 13.8. The fourth-order valence-electron chi connectivity index (χ4n) is 2.45. The molecule has 0 bridgehead atoms. The van der Waals surface area contributed by atoms with Gasteiger partial charge in [-0.2, -0.15) is 0 Å². The highest BCUT2D eigenvalue weighted by molar-refractivity contribution is 7.15. The molecule has 110 valence electrons. The van der Waals surface area contributed by atoms with Gasteiger partial charge in [0, 0.05) is 18.3 Å². The minimum Gasteiger partial charge on any atom is -0.261 e. The van der Waals surface area contributed by atoms with Crippen molar-refractivity contribution in [1.82, 2.24) is 20.6 Å². The van der Waals surface area contributed by atoms with Crippen LogP contribution in [0.15, 0.2) is 0 Å². The number of anilines is 1. The summed E-state index contributed by atoms with van der Waals surface area (Å²) in [5.41, 5.74) is 2.93. The van der Waals surface area contributed by atoms with Crippen LogP contribution in [0.4, 0.5) is 9.93 Å². The second-order valence-corrected chi connectivity index (χ2v) is 7.16. The minimum atomic E-state index is -0.118. The van der Waals surface area contributed by atoms with Crippen molar-refractivity contribution in [3.8, 4) is 0 Å². The van der Waals surface area contributed by atoms with Crippen LogP contribution in [0, 0.1) is 0 Å². The SMILES string of the molecule is CN1NCN(c2nnc(C3CCC(Cl)C(Cl)C3)s2)C1=O. The van der Waals surface area contributed by atoms with Crippen LogP contribution in [0.25, 0.3) is 0 Å². The van der Waals surface area contributed by atoms with Gasteiger partial charge in [0.1, 0.15) is 5.01 Å². The van der Waals surface area contributed by atoms with Crippen molar-refractivity contribution in [2.45, 2.75) is 35.9 Å². The number of hydrogen-bond acceptors (Lipinski definition) is 5. The molecule has 0 radical (unpaired) electrons. The summed E-state index contributed by atoms with van der Waals surface area (Å²) in [5.74, 6) is 0.294. The summed E-state index contributed by atoms with van der Waals surface area (Å²) in [6.07, 6.45) is 2.68. The quantitative estimate of drug-likeness (QED) is 0.842. The lowest BCUT2D eigenvalue weighted by Gasteiger charge is -2.27. The van der Waals surface area contributed by atoms with Crippen molar-refractivity contribution in [3.05, 3.63) is 5.01 Å². The average molecular weight is 336 g/mol. The Morgan fingerprint density at radius 3 is 2.75 bits per heavy atom. The fraction of sp³-hybridized carbons (Fsp3) is 0.727. The highest BCUT2D eigenvalue weighted by Crippen LogP contribution is 2.39. The first-order valence-electron chi connectivity index (χ1n) is 6.46. The van der Waals surface area contributed by atoms with Crippen LogP contribution in [0.5, 0.6) is 0 Å². The second-order valence-electron chi connectivity index (χ2n) is 5.05. The fourth-order valence-corrected chi connectivity index (χ4v) is 4.00. The van der Waals surface area contributed by atoms with Gasteiger partial charge in [-0.05, 0) is 19.3 Å². The van der Waals surface area contributed by atoms with Crippen molar-refractivity contribution >= 4 is 45.7 Å². The van der Waals surface area contributed by atoms with E-state index in [9.17, 15) is 4.79 Å². The molecule has 2 heterocycles. The lowest BCUT2D eigenvalue weighted by molar-refractivity contribution is 0.217. The summed E-state index contributed by atoms with van der Waals surface area (Å²) in [5, 5.41) is 11.4. The predicted molar refractivity (Wildman–Crippen MR) is 79.4 cm³/mol. The number of nitrogens with zero attached hydrogens (tertiary/aromatic N) is 4. The van der Waals surface area contributed by atoms with Crippen molar-refractivity contribution in [2.24, 2.45) is 0 Å². The average Bonchev–Trinajstić information content (AvgIpc) is 3.02. The zero-order chi connectivity index (χ0) is 14.3. The minimum absolute atomic E-state index is 0.0241. The maximum atomic E-state index is 11.9. The molecule has 1 saturated heterocycles. The van der Waals surface area contributed by atoms with Gasteiger partial charge >= 0.3 is 6.03 Å². The summed E-state index contributed by atoms with van der Waals surface area (Å²) in [4.78, 5) is 13.5. The molecule has 2 aliphatic rings. The third-order valence-corrected chi connectivity index (χ3v) is 5.93. The largest absolute Gasteiger partial charge is 0.341 e. The lowest BCUT2D eigenvalue weighted by atomic mass is 9.89. The number of carbonyl (C=O) groups excluding carboxylic acids is 1. The number of hydrogen-bond donors (Lipinski definition) is 1. The molecule has 2 fully saturated rings. The Balaban J connectivity index is 1.73. The monoisotopic (exact) mass is 335 g/mol. The van der Waals surface area contributed by atoms with E-state index in [1.54, 1.807) is 11.9 Å². The van der Waals surface area contributed by atoms with Gasteiger partial charge < -0.3 is 0 Å². The van der Waals surface area contributed by atoms with Gasteiger partial charge in [-0.3, -0.25) is 9.91 Å². The van der Waals surface area contributed by atoms with Crippen LogP contribution >= 0.6 is 34.5 Å². The van der Waals surface area contributed by atoms with Gasteiger partial charge in [0.2, 0.25) is 5.13 Å². The van der Waals surface area contributed by atoms with E-state index in [-0.39, 0.29) is 16.8 Å². The van der Waals surface area contributed by atoms with E-state index in [0.29, 0.717) is 17.7 Å². The molecule has 1 saturated carbocycles. The van der Waals surface area contributed by atoms with Crippen molar-refractivity contribution in [3.63, 3.8) is 0 Å². The number of hydrazine groups is 1. The molecule has 2 amide bonds. The third-order valence-electron chi connectivity index (χ3n) is 3.69. The van der Waals surface area contributed by atoms with Gasteiger partial charge in [0.15, 0.2) is 0 Å². The first-order chi connectivity index (χ1) is 9.56. The molecule has 3 rings (SSSR count). The number of nitrogens with one attached hydrogen (secondary N) is 1. The number of rotatable bonds is 2. The Labute approximate surface area is 131 Å². The van der Waals surface area contributed by atoms with Gasteiger partial charge in [-0.1, -0.05) is 11.3 Å². The van der Waals surface area contributed by atoms with Crippen molar-refractivity contribution in [1.29, 1.82) is 0 Å². The molecule has 6 nitrogen and oxygen atoms in total. The molecule has 0 aromatic carbocycles. The maximum Gasteiger partial charge on any atom is 0.341 e. The standard InChI is InChI=1S/C11H15Cl2N5OS/c1-17-11(19)18(5-14-17)10-16-15-9(20-10)6-2-3-7(12)8(13)4-6/h6-8,14H,2-5H2,1H3. The molecule has 1 aromatic rings. The number of urea groups is 1. The molecular formula is C11H15Cl2N5OS. The van der Waals surface area contributed by atoms with Crippen molar-refractivity contribution in [2.75, 3.05) is 18.6 Å². The van der Waals surface area contributed by atoms with Gasteiger partial charge in [0.05, 0.1) is 12.0 Å². The molecule has 1 N–H and O–H groups in total. The van der Waals surface area contributed by atoms with E-state index >= 15 is 0 Å². The summed E-state index contributed by atoms with van der Waals surface area (Å²) in [6.45, 7) is 0.427. The number of alkyl halides is 2. The van der Waals surface area contributed by atoms with Crippen LogP contribution < -0.4 is 10.3 Å². The van der Waals surface area contributed by atoms with Gasteiger partial charge in [0.25, 0.3) is 0 Å². The smallest absolute Gasteiger partial charge is 0.261 e. The van der Waals surface area contributed by atoms with Crippen LogP contribution in [-0.4, -0.2) is 45.7 Å². The molecule has 1 aliphatic heterocycles. The molecule has 1 aromatic heterocycles. The topological polar surface area (TPSA) is 61.4 Å². The predicted octanol–water partition coefficient (Wildman–Crippen LogP) is 2.35. The Kier molecular flexibility index (Phi) is 4.03. The van der Waals surface area contributed by atoms with E-state index in [1.807, 2.05) is 0 Å². The lowest BCUT2D eigenvalue weighted by Crippen LogP contribution is -2.31. The maximum absolute atomic E-state index is 11.9. The van der Waals surface area contributed by atoms with E-state index in [0.717, 1.165) is 24.3 Å². The highest BCUT2D eigenvalue weighted by Gasteiger charge is 2.33. The molecule has 9 heteroatoms. The van der Waals surface area contributed by atoms with E-state index in [2.05, 4.69) is 15.6 Å². The summed E-state index contributed by atoms with van der Waals surface area (Å²) < 4.78 is 0. The van der Waals surface area contributed by atoms with Gasteiger partial charge in [-0.15, -0.1) is 33.4 Å². The van der Waals surface area contributed by atoms with E-state index < -0.39 is 0 Å². The second kappa shape index (κ2) is 5.63. The Hall–Kier alpha value is -0.630. The first-order valence-corrected chi connectivity index (χ1v) is 8.15. The molecule has 0 spiro atoms. The summed E-state index contributed by atoms with van der Waals surface area (Å²) in [6, 6.07) is -0.118. The first kappa shape index (κ1) is 14.3. The molecular weight excluding hydrogens is 321 g/mol. The Bertz CT molecular complexity index is 513. The van der Waals surface area contributed by atoms with Crippen LogP contribution in [-0.2, 0) is 0 Å². The van der Waals surface area contributed by atoms with Gasteiger partial charge in [-0.25, -0.2) is 10.2 Å². The zero-order valence-electron chi connectivity index (χ0n) is 10.9. The zero-order valence-corrected chi connectivity index (χ0v) is 13.3. The van der Waals surface area contributed by atoms with Crippen molar-refractivity contribution < 1.29 is 4.79 Å². The number of carbonyl (C=O) groups is 1. The molecule has 20 heavy (non-hydrogen) atoms. The highest BCUT2D eigenvalue weighted by atomic mass is 35.5. The third kappa shape index (κ3) is 2.59. The number of amides is 2. The normalized spacial score (nSPS) is 31.1. The van der Waals surface area contributed by atoms with Crippen LogP contribution in [0.1, 0.15) is 30.2 Å². The number of aromatic nitrogens is 2.